The van der Waals surface area contributed by atoms with Gasteiger partial charge in [-0.2, -0.15) is 0 Å². The summed E-state index contributed by atoms with van der Waals surface area (Å²) >= 11 is 0. The first-order valence-electron chi connectivity index (χ1n) is 11.6. The van der Waals surface area contributed by atoms with Crippen LogP contribution >= 0.6 is 0 Å². The third-order valence-corrected chi connectivity index (χ3v) is 6.86. The van der Waals surface area contributed by atoms with Crippen LogP contribution in [-0.2, 0) is 31.8 Å². The number of ether oxygens (including phenoxy) is 2. The summed E-state index contributed by atoms with van der Waals surface area (Å²) in [5.74, 6) is 0.439. The van der Waals surface area contributed by atoms with Gasteiger partial charge >= 0.3 is 6.01 Å². The Kier molecular flexibility index (Phi) is 6.82. The monoisotopic (exact) mass is 518 g/mol. The normalized spacial score (nSPS) is 13.0. The summed E-state index contributed by atoms with van der Waals surface area (Å²) < 4.78 is 45.6. The highest BCUT2D eigenvalue weighted by Crippen LogP contribution is 2.32. The first kappa shape index (κ1) is 24.4. The van der Waals surface area contributed by atoms with Crippen molar-refractivity contribution in [2.45, 2.75) is 26.1 Å². The second kappa shape index (κ2) is 10.4. The highest BCUT2D eigenvalue weighted by molar-refractivity contribution is 7.91. The number of anilines is 2. The van der Waals surface area contributed by atoms with Crippen LogP contribution in [0.25, 0.3) is 11.5 Å². The van der Waals surface area contributed by atoms with Gasteiger partial charge in [-0.05, 0) is 37.1 Å². The molecule has 37 heavy (non-hydrogen) atoms. The number of sulfonamides is 1. The maximum Gasteiger partial charge on any atom is 0.325 e. The second-order valence-corrected chi connectivity index (χ2v) is 10.5. The smallest absolute Gasteiger partial charge is 0.325 e. The number of aryl methyl sites for hydroxylation is 2. The fourth-order valence-electron chi connectivity index (χ4n) is 4.15. The fraction of sp³-hybridized carbons (Fsp3) is 0.185. The van der Waals surface area contributed by atoms with Gasteiger partial charge in [0.05, 0.1) is 23.5 Å². The SMILES string of the molecule is Cc1cc(C)cc(CS(=O)(=O)Nc2ccccc2-c2nnc(N(Cc3ccccc3)C3=COCO3)o2)c1. The lowest BCUT2D eigenvalue weighted by Gasteiger charge is -2.19. The lowest BCUT2D eigenvalue weighted by Crippen LogP contribution is -2.22. The van der Waals surface area contributed by atoms with Crippen LogP contribution in [0.5, 0.6) is 0 Å². The minimum atomic E-state index is -3.71. The number of rotatable bonds is 9. The van der Waals surface area contributed by atoms with Crippen LogP contribution in [-0.4, -0.2) is 25.4 Å². The predicted molar refractivity (Wildman–Crippen MR) is 140 cm³/mol. The molecule has 0 aliphatic carbocycles. The van der Waals surface area contributed by atoms with Crippen LogP contribution in [0, 0.1) is 13.8 Å². The number of para-hydroxylation sites is 1. The van der Waals surface area contributed by atoms with Crippen molar-refractivity contribution in [3.63, 3.8) is 0 Å². The van der Waals surface area contributed by atoms with Crippen molar-refractivity contribution in [1.29, 1.82) is 0 Å². The zero-order chi connectivity index (χ0) is 25.8. The van der Waals surface area contributed by atoms with Gasteiger partial charge in [0.25, 0.3) is 5.89 Å². The summed E-state index contributed by atoms with van der Waals surface area (Å²) in [4.78, 5) is 1.70. The molecule has 1 N–H and O–H groups in total. The Hall–Kier alpha value is -4.31. The largest absolute Gasteiger partial charge is 0.459 e. The topological polar surface area (TPSA) is 107 Å². The Morgan fingerprint density at radius 3 is 2.38 bits per heavy atom. The summed E-state index contributed by atoms with van der Waals surface area (Å²) in [6.45, 7) is 4.38. The zero-order valence-electron chi connectivity index (χ0n) is 20.4. The Bertz CT molecular complexity index is 1510. The number of nitrogens with zero attached hydrogens (tertiary/aromatic N) is 3. The maximum absolute atomic E-state index is 13.0. The van der Waals surface area contributed by atoms with Gasteiger partial charge in [-0.3, -0.25) is 9.62 Å². The molecule has 0 spiro atoms. The van der Waals surface area contributed by atoms with Gasteiger partial charge in [0.2, 0.25) is 22.7 Å². The molecular weight excluding hydrogens is 492 g/mol. The van der Waals surface area contributed by atoms with Crippen molar-refractivity contribution in [3.05, 3.63) is 107 Å². The summed E-state index contributed by atoms with van der Waals surface area (Å²) in [7, 11) is -3.71. The molecule has 0 saturated carbocycles. The molecule has 9 nitrogen and oxygen atoms in total. The van der Waals surface area contributed by atoms with E-state index < -0.39 is 10.0 Å². The molecule has 2 heterocycles. The van der Waals surface area contributed by atoms with E-state index in [1.54, 1.807) is 29.2 Å². The van der Waals surface area contributed by atoms with E-state index in [9.17, 15) is 8.42 Å². The molecule has 0 saturated heterocycles. The van der Waals surface area contributed by atoms with Crippen LogP contribution in [0.3, 0.4) is 0 Å². The van der Waals surface area contributed by atoms with Crippen molar-refractivity contribution in [1.82, 2.24) is 10.2 Å². The van der Waals surface area contributed by atoms with Gasteiger partial charge in [0, 0.05) is 0 Å². The average molecular weight is 519 g/mol. The summed E-state index contributed by atoms with van der Waals surface area (Å²) in [6.07, 6.45) is 1.49. The number of aromatic nitrogens is 2. The van der Waals surface area contributed by atoms with Gasteiger partial charge in [-0.1, -0.05) is 76.9 Å². The lowest BCUT2D eigenvalue weighted by atomic mass is 10.1. The number of hydrogen-bond acceptors (Lipinski definition) is 8. The molecule has 1 aliphatic heterocycles. The Morgan fingerprint density at radius 2 is 1.65 bits per heavy atom. The first-order chi connectivity index (χ1) is 17.9. The van der Waals surface area contributed by atoms with Crippen LogP contribution in [0.1, 0.15) is 22.3 Å². The van der Waals surface area contributed by atoms with E-state index >= 15 is 0 Å². The molecule has 1 aliphatic rings. The Morgan fingerprint density at radius 1 is 0.919 bits per heavy atom. The van der Waals surface area contributed by atoms with Crippen LogP contribution in [0.4, 0.5) is 11.7 Å². The standard InChI is InChI=1S/C27H26N4O5S/c1-19-12-20(2)14-22(13-19)17-37(32,33)30-24-11-7-6-10-23(24)26-28-29-27(36-26)31(25-16-34-18-35-25)15-21-8-4-3-5-9-21/h3-14,16,30H,15,17-18H2,1-2H3. The molecule has 10 heteroatoms. The first-order valence-corrected chi connectivity index (χ1v) is 13.3. The maximum atomic E-state index is 13.0. The molecular formula is C27H26N4O5S. The molecule has 1 aromatic heterocycles. The molecule has 190 valence electrons. The van der Waals surface area contributed by atoms with E-state index in [1.807, 2.05) is 62.4 Å². The number of nitrogens with one attached hydrogen (secondary N) is 1. The molecule has 0 bridgehead atoms. The van der Waals surface area contributed by atoms with Crippen molar-refractivity contribution >= 4 is 21.7 Å². The van der Waals surface area contributed by atoms with Gasteiger partial charge in [-0.15, -0.1) is 5.10 Å². The average Bonchev–Trinajstić information content (AvgIpc) is 3.55. The molecule has 0 atom stereocenters. The molecule has 0 radical (unpaired) electrons. The molecule has 5 rings (SSSR count). The van der Waals surface area contributed by atoms with Crippen LogP contribution < -0.4 is 9.62 Å². The molecule has 0 fully saturated rings. The second-order valence-electron chi connectivity index (χ2n) is 8.75. The molecule has 4 aromatic rings. The van der Waals surface area contributed by atoms with Gasteiger partial charge in [0.1, 0.15) is 6.26 Å². The summed E-state index contributed by atoms with van der Waals surface area (Å²) in [5, 5.41) is 8.42. The lowest BCUT2D eigenvalue weighted by molar-refractivity contribution is 0.0776. The highest BCUT2D eigenvalue weighted by atomic mass is 32.2. The minimum absolute atomic E-state index is 0.0900. The van der Waals surface area contributed by atoms with Crippen LogP contribution in [0.2, 0.25) is 0 Å². The van der Waals surface area contributed by atoms with Crippen molar-refractivity contribution in [2.75, 3.05) is 16.4 Å². The van der Waals surface area contributed by atoms with E-state index in [-0.39, 0.29) is 24.5 Å². The Balaban J connectivity index is 1.41. The Labute approximate surface area is 215 Å². The number of benzene rings is 3. The molecule has 0 amide bonds. The minimum Gasteiger partial charge on any atom is -0.459 e. The highest BCUT2D eigenvalue weighted by Gasteiger charge is 2.25. The number of hydrogen-bond donors (Lipinski definition) is 1. The fourth-order valence-corrected chi connectivity index (χ4v) is 5.34. The van der Waals surface area contributed by atoms with Crippen molar-refractivity contribution < 1.29 is 22.3 Å². The van der Waals surface area contributed by atoms with Gasteiger partial charge in [0.15, 0.2) is 0 Å². The third-order valence-electron chi connectivity index (χ3n) is 5.61. The molecule has 0 unspecified atom stereocenters. The third kappa shape index (κ3) is 5.92. The van der Waals surface area contributed by atoms with Gasteiger partial charge in [-0.25, -0.2) is 8.42 Å². The van der Waals surface area contributed by atoms with E-state index in [0.29, 0.717) is 29.2 Å². The summed E-state index contributed by atoms with van der Waals surface area (Å²) in [6, 6.07) is 22.6. The van der Waals surface area contributed by atoms with E-state index in [4.69, 9.17) is 13.9 Å². The van der Waals surface area contributed by atoms with Gasteiger partial charge < -0.3 is 13.9 Å². The van der Waals surface area contributed by atoms with E-state index in [2.05, 4.69) is 14.9 Å². The van der Waals surface area contributed by atoms with Crippen molar-refractivity contribution in [3.8, 4) is 11.5 Å². The zero-order valence-corrected chi connectivity index (χ0v) is 21.2. The van der Waals surface area contributed by atoms with E-state index in [1.165, 1.54) is 6.26 Å². The molecule has 3 aromatic carbocycles. The summed E-state index contributed by atoms with van der Waals surface area (Å²) in [5.41, 5.74) is 4.54. The van der Waals surface area contributed by atoms with E-state index in [0.717, 1.165) is 16.7 Å². The predicted octanol–water partition coefficient (Wildman–Crippen LogP) is 5.11. The van der Waals surface area contributed by atoms with Crippen molar-refractivity contribution in [2.24, 2.45) is 0 Å². The van der Waals surface area contributed by atoms with Crippen LogP contribution in [0.15, 0.2) is 89.4 Å². The quantitative estimate of drug-likeness (QED) is 0.326.